The standard InChI is InChI=1S/C13H15N3O4/c1-9(2)14-8-7-12(17)15(13(14)18)10-3-5-11(6-4-10)16(19)20/h3-6,9H,7-8H2,1-2H3. The molecule has 0 unspecified atom stereocenters. The molecule has 1 fully saturated rings. The van der Waals surface area contributed by atoms with Gasteiger partial charge in [-0.2, -0.15) is 0 Å². The number of nitro groups is 1. The molecule has 0 N–H and O–H groups in total. The van der Waals surface area contributed by atoms with Crippen molar-refractivity contribution in [1.29, 1.82) is 0 Å². The number of urea groups is 1. The Bertz CT molecular complexity index is 553. The molecule has 0 atom stereocenters. The van der Waals surface area contributed by atoms with Crippen LogP contribution in [-0.4, -0.2) is 34.3 Å². The van der Waals surface area contributed by atoms with Gasteiger partial charge in [-0.15, -0.1) is 0 Å². The second kappa shape index (κ2) is 5.28. The Kier molecular flexibility index (Phi) is 3.69. The molecule has 7 nitrogen and oxygen atoms in total. The number of amides is 3. The van der Waals surface area contributed by atoms with Crippen LogP contribution in [0.2, 0.25) is 0 Å². The second-order valence-corrected chi connectivity index (χ2v) is 4.82. The van der Waals surface area contributed by atoms with E-state index in [4.69, 9.17) is 0 Å². The van der Waals surface area contributed by atoms with Gasteiger partial charge in [-0.3, -0.25) is 14.9 Å². The predicted molar refractivity (Wildman–Crippen MR) is 72.4 cm³/mol. The zero-order valence-corrected chi connectivity index (χ0v) is 11.3. The monoisotopic (exact) mass is 277 g/mol. The summed E-state index contributed by atoms with van der Waals surface area (Å²) in [5, 5.41) is 10.6. The number of anilines is 1. The number of carbonyl (C=O) groups excluding carboxylic acids is 2. The van der Waals surface area contributed by atoms with Gasteiger partial charge in [-0.05, 0) is 26.0 Å². The van der Waals surface area contributed by atoms with Crippen LogP contribution < -0.4 is 4.90 Å². The van der Waals surface area contributed by atoms with Gasteiger partial charge >= 0.3 is 6.03 Å². The third-order valence-corrected chi connectivity index (χ3v) is 3.20. The molecule has 3 amide bonds. The normalized spacial score (nSPS) is 15.9. The Hall–Kier alpha value is -2.44. The summed E-state index contributed by atoms with van der Waals surface area (Å²) in [4.78, 5) is 37.0. The van der Waals surface area contributed by atoms with Crippen LogP contribution in [0.25, 0.3) is 0 Å². The molecular formula is C13H15N3O4. The minimum Gasteiger partial charge on any atom is -0.321 e. The molecule has 106 valence electrons. The third-order valence-electron chi connectivity index (χ3n) is 3.20. The molecule has 0 aliphatic carbocycles. The van der Waals surface area contributed by atoms with E-state index in [1.54, 1.807) is 4.90 Å². The highest BCUT2D eigenvalue weighted by Crippen LogP contribution is 2.24. The fourth-order valence-corrected chi connectivity index (χ4v) is 2.12. The molecule has 1 aromatic rings. The molecule has 1 heterocycles. The van der Waals surface area contributed by atoms with Crippen molar-refractivity contribution in [3.05, 3.63) is 34.4 Å². The van der Waals surface area contributed by atoms with E-state index in [1.165, 1.54) is 24.3 Å². The quantitative estimate of drug-likeness (QED) is 0.626. The van der Waals surface area contributed by atoms with Crippen molar-refractivity contribution >= 4 is 23.3 Å². The van der Waals surface area contributed by atoms with Crippen LogP contribution in [0, 0.1) is 10.1 Å². The molecule has 0 spiro atoms. The maximum Gasteiger partial charge on any atom is 0.331 e. The van der Waals surface area contributed by atoms with Gasteiger partial charge < -0.3 is 4.90 Å². The van der Waals surface area contributed by atoms with Gasteiger partial charge in [0.15, 0.2) is 0 Å². The summed E-state index contributed by atoms with van der Waals surface area (Å²) in [7, 11) is 0. The van der Waals surface area contributed by atoms with Crippen molar-refractivity contribution in [2.45, 2.75) is 26.3 Å². The van der Waals surface area contributed by atoms with Crippen molar-refractivity contribution in [1.82, 2.24) is 4.90 Å². The molecule has 1 saturated heterocycles. The number of hydrogen-bond donors (Lipinski definition) is 0. The number of nitrogens with zero attached hydrogens (tertiary/aromatic N) is 3. The molecule has 2 rings (SSSR count). The van der Waals surface area contributed by atoms with Crippen LogP contribution >= 0.6 is 0 Å². The fourth-order valence-electron chi connectivity index (χ4n) is 2.12. The minimum absolute atomic E-state index is 0.00357. The summed E-state index contributed by atoms with van der Waals surface area (Å²) >= 11 is 0. The van der Waals surface area contributed by atoms with E-state index >= 15 is 0 Å². The zero-order chi connectivity index (χ0) is 14.9. The van der Waals surface area contributed by atoms with Crippen molar-refractivity contribution < 1.29 is 14.5 Å². The van der Waals surface area contributed by atoms with Gasteiger partial charge in [0.2, 0.25) is 5.91 Å². The van der Waals surface area contributed by atoms with Gasteiger partial charge in [0.25, 0.3) is 5.69 Å². The van der Waals surface area contributed by atoms with Gasteiger partial charge in [0.1, 0.15) is 0 Å². The maximum absolute atomic E-state index is 12.3. The lowest BCUT2D eigenvalue weighted by atomic mass is 10.2. The molecule has 1 aliphatic rings. The first kappa shape index (κ1) is 14.0. The van der Waals surface area contributed by atoms with Crippen LogP contribution in [0.5, 0.6) is 0 Å². The number of hydrogen-bond acceptors (Lipinski definition) is 4. The van der Waals surface area contributed by atoms with Crippen molar-refractivity contribution in [3.8, 4) is 0 Å². The summed E-state index contributed by atoms with van der Waals surface area (Å²) < 4.78 is 0. The summed E-state index contributed by atoms with van der Waals surface area (Å²) in [5.74, 6) is -0.291. The average molecular weight is 277 g/mol. The Labute approximate surface area is 115 Å². The Balaban J connectivity index is 2.31. The number of imide groups is 1. The maximum atomic E-state index is 12.3. The van der Waals surface area contributed by atoms with E-state index in [1.807, 2.05) is 13.8 Å². The first-order chi connectivity index (χ1) is 9.41. The summed E-state index contributed by atoms with van der Waals surface area (Å²) in [6.07, 6.45) is 0.251. The lowest BCUT2D eigenvalue weighted by molar-refractivity contribution is -0.384. The summed E-state index contributed by atoms with van der Waals surface area (Å²) in [5.41, 5.74) is 0.280. The lowest BCUT2D eigenvalue weighted by Gasteiger charge is -2.36. The molecular weight excluding hydrogens is 262 g/mol. The van der Waals surface area contributed by atoms with Crippen LogP contribution in [0.15, 0.2) is 24.3 Å². The lowest BCUT2D eigenvalue weighted by Crippen LogP contribution is -2.54. The molecule has 0 aromatic heterocycles. The predicted octanol–water partition coefficient (Wildman–Crippen LogP) is 2.16. The minimum atomic E-state index is -0.524. The van der Waals surface area contributed by atoms with E-state index in [0.29, 0.717) is 12.2 Å². The molecule has 20 heavy (non-hydrogen) atoms. The fraction of sp³-hybridized carbons (Fsp3) is 0.385. The molecule has 0 saturated carbocycles. The Morgan fingerprint density at radius 3 is 2.30 bits per heavy atom. The topological polar surface area (TPSA) is 83.8 Å². The van der Waals surface area contributed by atoms with Crippen LogP contribution in [0.3, 0.4) is 0 Å². The van der Waals surface area contributed by atoms with E-state index in [2.05, 4.69) is 0 Å². The number of benzene rings is 1. The highest BCUT2D eigenvalue weighted by Gasteiger charge is 2.34. The first-order valence-corrected chi connectivity index (χ1v) is 6.30. The van der Waals surface area contributed by atoms with Gasteiger partial charge in [-0.25, -0.2) is 9.69 Å². The number of non-ortho nitro benzene ring substituents is 1. The summed E-state index contributed by atoms with van der Waals surface area (Å²) in [6.45, 7) is 4.15. The highest BCUT2D eigenvalue weighted by atomic mass is 16.6. The van der Waals surface area contributed by atoms with E-state index in [-0.39, 0.29) is 30.1 Å². The highest BCUT2D eigenvalue weighted by molar-refractivity contribution is 6.15. The number of carbonyl (C=O) groups is 2. The number of nitro benzene ring substituents is 1. The molecule has 0 radical (unpaired) electrons. The largest absolute Gasteiger partial charge is 0.331 e. The van der Waals surface area contributed by atoms with Gasteiger partial charge in [-0.1, -0.05) is 0 Å². The molecule has 7 heteroatoms. The molecule has 1 aliphatic heterocycles. The van der Waals surface area contributed by atoms with Crippen LogP contribution in [-0.2, 0) is 4.79 Å². The first-order valence-electron chi connectivity index (χ1n) is 6.30. The van der Waals surface area contributed by atoms with Crippen molar-refractivity contribution in [3.63, 3.8) is 0 Å². The smallest absolute Gasteiger partial charge is 0.321 e. The summed E-state index contributed by atoms with van der Waals surface area (Å²) in [6, 6.07) is 5.01. The van der Waals surface area contributed by atoms with Crippen LogP contribution in [0.4, 0.5) is 16.2 Å². The van der Waals surface area contributed by atoms with E-state index in [0.717, 1.165) is 4.90 Å². The average Bonchev–Trinajstić information content (AvgIpc) is 2.38. The third kappa shape index (κ3) is 2.47. The Morgan fingerprint density at radius 1 is 1.20 bits per heavy atom. The Morgan fingerprint density at radius 2 is 1.80 bits per heavy atom. The number of rotatable bonds is 3. The van der Waals surface area contributed by atoms with Gasteiger partial charge in [0, 0.05) is 31.1 Å². The SMILES string of the molecule is CC(C)N1CCC(=O)N(c2ccc([N+](=O)[O-])cc2)C1=O. The van der Waals surface area contributed by atoms with Gasteiger partial charge in [0.05, 0.1) is 10.6 Å². The molecule has 0 bridgehead atoms. The van der Waals surface area contributed by atoms with E-state index in [9.17, 15) is 19.7 Å². The second-order valence-electron chi connectivity index (χ2n) is 4.82. The van der Waals surface area contributed by atoms with E-state index < -0.39 is 4.92 Å². The van der Waals surface area contributed by atoms with Crippen molar-refractivity contribution in [2.75, 3.05) is 11.4 Å². The molecule has 1 aromatic carbocycles. The van der Waals surface area contributed by atoms with Crippen LogP contribution in [0.1, 0.15) is 20.3 Å². The van der Waals surface area contributed by atoms with Crippen molar-refractivity contribution in [2.24, 2.45) is 0 Å². The zero-order valence-electron chi connectivity index (χ0n) is 11.3.